The van der Waals surface area contributed by atoms with Gasteiger partial charge in [-0.15, -0.1) is 0 Å². The van der Waals surface area contributed by atoms with Crippen molar-refractivity contribution in [1.29, 1.82) is 0 Å². The number of hydrogen-bond acceptors (Lipinski definition) is 2. The topological polar surface area (TPSA) is 21.3 Å². The Labute approximate surface area is 81.0 Å². The number of rotatable bonds is 3. The molecule has 2 fully saturated rings. The average Bonchev–Trinajstić information content (AvgIpc) is 2.12. The zero-order valence-electron chi connectivity index (χ0n) is 8.59. The summed E-state index contributed by atoms with van der Waals surface area (Å²) < 4.78 is 5.57. The summed E-state index contributed by atoms with van der Waals surface area (Å²) in [6.45, 7) is 0.982. The SMILES string of the molecule is CNC(C1CCCCC1)C1CCO1. The highest BCUT2D eigenvalue weighted by Crippen LogP contribution is 2.31. The van der Waals surface area contributed by atoms with Crippen LogP contribution in [-0.4, -0.2) is 25.8 Å². The molecule has 0 amide bonds. The largest absolute Gasteiger partial charge is 0.376 e. The minimum atomic E-state index is 0.521. The van der Waals surface area contributed by atoms with E-state index in [1.54, 1.807) is 0 Å². The Morgan fingerprint density at radius 2 is 1.85 bits per heavy atom. The second-order valence-corrected chi connectivity index (χ2v) is 4.41. The molecule has 2 unspecified atom stereocenters. The van der Waals surface area contributed by atoms with E-state index in [0.29, 0.717) is 12.1 Å². The van der Waals surface area contributed by atoms with Crippen molar-refractivity contribution in [3.63, 3.8) is 0 Å². The summed E-state index contributed by atoms with van der Waals surface area (Å²) in [7, 11) is 2.08. The molecule has 1 saturated carbocycles. The van der Waals surface area contributed by atoms with Crippen LogP contribution >= 0.6 is 0 Å². The zero-order chi connectivity index (χ0) is 9.10. The Kier molecular flexibility index (Phi) is 3.23. The molecular formula is C11H21NO. The summed E-state index contributed by atoms with van der Waals surface area (Å²) in [6, 6.07) is 0.633. The van der Waals surface area contributed by atoms with Gasteiger partial charge in [-0.25, -0.2) is 0 Å². The van der Waals surface area contributed by atoms with Crippen LogP contribution in [0.2, 0.25) is 0 Å². The molecule has 0 aromatic rings. The lowest BCUT2D eigenvalue weighted by atomic mass is 9.80. The first-order chi connectivity index (χ1) is 6.42. The van der Waals surface area contributed by atoms with Gasteiger partial charge >= 0.3 is 0 Å². The van der Waals surface area contributed by atoms with Crippen LogP contribution in [0, 0.1) is 5.92 Å². The van der Waals surface area contributed by atoms with Crippen molar-refractivity contribution in [3.8, 4) is 0 Å². The maximum atomic E-state index is 5.57. The van der Waals surface area contributed by atoms with Crippen molar-refractivity contribution in [1.82, 2.24) is 5.32 Å². The fourth-order valence-corrected chi connectivity index (χ4v) is 2.76. The van der Waals surface area contributed by atoms with Gasteiger partial charge < -0.3 is 10.1 Å². The van der Waals surface area contributed by atoms with Crippen LogP contribution in [0.4, 0.5) is 0 Å². The van der Waals surface area contributed by atoms with E-state index in [1.165, 1.54) is 38.5 Å². The van der Waals surface area contributed by atoms with Crippen molar-refractivity contribution < 1.29 is 4.74 Å². The molecule has 1 saturated heterocycles. The summed E-state index contributed by atoms with van der Waals surface area (Å²) in [5.74, 6) is 0.879. The number of nitrogens with one attached hydrogen (secondary N) is 1. The monoisotopic (exact) mass is 183 g/mol. The van der Waals surface area contributed by atoms with Gasteiger partial charge in [-0.2, -0.15) is 0 Å². The van der Waals surface area contributed by atoms with E-state index in [1.807, 2.05) is 0 Å². The summed E-state index contributed by atoms with van der Waals surface area (Å²) >= 11 is 0. The molecule has 0 radical (unpaired) electrons. The van der Waals surface area contributed by atoms with E-state index >= 15 is 0 Å². The van der Waals surface area contributed by atoms with Crippen molar-refractivity contribution in [2.75, 3.05) is 13.7 Å². The smallest absolute Gasteiger partial charge is 0.0752 e. The third kappa shape index (κ3) is 2.05. The lowest BCUT2D eigenvalue weighted by Crippen LogP contribution is -2.50. The molecule has 1 aliphatic carbocycles. The van der Waals surface area contributed by atoms with Gasteiger partial charge in [0.05, 0.1) is 6.10 Å². The molecule has 0 aromatic carbocycles. The van der Waals surface area contributed by atoms with E-state index in [4.69, 9.17) is 4.74 Å². The lowest BCUT2D eigenvalue weighted by Gasteiger charge is -2.40. The first-order valence-electron chi connectivity index (χ1n) is 5.70. The van der Waals surface area contributed by atoms with Crippen molar-refractivity contribution in [2.24, 2.45) is 5.92 Å². The number of hydrogen-bond donors (Lipinski definition) is 1. The van der Waals surface area contributed by atoms with E-state index in [9.17, 15) is 0 Å². The predicted octanol–water partition coefficient (Wildman–Crippen LogP) is 1.94. The molecule has 1 heterocycles. The van der Waals surface area contributed by atoms with Gasteiger partial charge in [0.1, 0.15) is 0 Å². The molecular weight excluding hydrogens is 162 g/mol. The van der Waals surface area contributed by atoms with Crippen molar-refractivity contribution in [3.05, 3.63) is 0 Å². The highest BCUT2D eigenvalue weighted by Gasteiger charge is 2.33. The van der Waals surface area contributed by atoms with Gasteiger partial charge in [0.15, 0.2) is 0 Å². The zero-order valence-corrected chi connectivity index (χ0v) is 8.59. The molecule has 1 aliphatic heterocycles. The molecule has 2 atom stereocenters. The Balaban J connectivity index is 1.86. The maximum absolute atomic E-state index is 5.57. The van der Waals surface area contributed by atoms with E-state index in [0.717, 1.165) is 12.5 Å². The molecule has 76 valence electrons. The highest BCUT2D eigenvalue weighted by atomic mass is 16.5. The van der Waals surface area contributed by atoms with Gasteiger partial charge in [-0.3, -0.25) is 0 Å². The van der Waals surface area contributed by atoms with Crippen molar-refractivity contribution in [2.45, 2.75) is 50.7 Å². The second-order valence-electron chi connectivity index (χ2n) is 4.41. The summed E-state index contributed by atoms with van der Waals surface area (Å²) in [4.78, 5) is 0. The first-order valence-corrected chi connectivity index (χ1v) is 5.70. The number of ether oxygens (including phenoxy) is 1. The van der Waals surface area contributed by atoms with Crippen LogP contribution in [-0.2, 0) is 4.74 Å². The van der Waals surface area contributed by atoms with Gasteiger partial charge in [0.2, 0.25) is 0 Å². The van der Waals surface area contributed by atoms with Gasteiger partial charge in [0, 0.05) is 12.6 Å². The van der Waals surface area contributed by atoms with E-state index in [-0.39, 0.29) is 0 Å². The standard InChI is InChI=1S/C11H21NO/c1-12-11(10-7-8-13-10)9-5-3-2-4-6-9/h9-12H,2-8H2,1H3. The van der Waals surface area contributed by atoms with Crippen LogP contribution in [0.5, 0.6) is 0 Å². The molecule has 2 nitrogen and oxygen atoms in total. The minimum Gasteiger partial charge on any atom is -0.376 e. The van der Waals surface area contributed by atoms with E-state index < -0.39 is 0 Å². The summed E-state index contributed by atoms with van der Waals surface area (Å²) in [5, 5.41) is 3.45. The molecule has 2 heteroatoms. The molecule has 1 N–H and O–H groups in total. The van der Waals surface area contributed by atoms with Crippen LogP contribution in [0.3, 0.4) is 0 Å². The fourth-order valence-electron chi connectivity index (χ4n) is 2.76. The third-order valence-electron chi connectivity index (χ3n) is 3.63. The fraction of sp³-hybridized carbons (Fsp3) is 1.00. The molecule has 0 aromatic heterocycles. The Morgan fingerprint density at radius 3 is 2.31 bits per heavy atom. The van der Waals surface area contributed by atoms with Gasteiger partial charge in [-0.1, -0.05) is 19.3 Å². The maximum Gasteiger partial charge on any atom is 0.0752 e. The van der Waals surface area contributed by atoms with Gasteiger partial charge in [0.25, 0.3) is 0 Å². The van der Waals surface area contributed by atoms with Crippen LogP contribution in [0.15, 0.2) is 0 Å². The minimum absolute atomic E-state index is 0.521. The Morgan fingerprint density at radius 1 is 1.15 bits per heavy atom. The molecule has 13 heavy (non-hydrogen) atoms. The summed E-state index contributed by atoms with van der Waals surface area (Å²) in [6.07, 6.45) is 8.90. The van der Waals surface area contributed by atoms with E-state index in [2.05, 4.69) is 12.4 Å². The highest BCUT2D eigenvalue weighted by molar-refractivity contribution is 4.87. The number of likely N-dealkylation sites (N-methyl/N-ethyl adjacent to an activating group) is 1. The Hall–Kier alpha value is -0.0800. The van der Waals surface area contributed by atoms with Crippen LogP contribution < -0.4 is 5.32 Å². The average molecular weight is 183 g/mol. The van der Waals surface area contributed by atoms with Crippen LogP contribution in [0.1, 0.15) is 38.5 Å². The predicted molar refractivity (Wildman–Crippen MR) is 53.8 cm³/mol. The normalized spacial score (nSPS) is 32.5. The molecule has 2 aliphatic rings. The Bertz CT molecular complexity index is 150. The quantitative estimate of drug-likeness (QED) is 0.722. The van der Waals surface area contributed by atoms with Gasteiger partial charge in [-0.05, 0) is 32.2 Å². The molecule has 2 rings (SSSR count). The summed E-state index contributed by atoms with van der Waals surface area (Å²) in [5.41, 5.74) is 0. The molecule has 0 spiro atoms. The first kappa shape index (κ1) is 9.47. The van der Waals surface area contributed by atoms with Crippen molar-refractivity contribution >= 4 is 0 Å². The second kappa shape index (κ2) is 4.43. The third-order valence-corrected chi connectivity index (χ3v) is 3.63. The molecule has 0 bridgehead atoms. The van der Waals surface area contributed by atoms with Crippen LogP contribution in [0.25, 0.3) is 0 Å². The lowest BCUT2D eigenvalue weighted by molar-refractivity contribution is -0.0837.